The van der Waals surface area contributed by atoms with Crippen LogP contribution >= 0.6 is 0 Å². The molecule has 0 bridgehead atoms. The lowest BCUT2D eigenvalue weighted by molar-refractivity contribution is -0.186. The fourth-order valence-electron chi connectivity index (χ4n) is 3.92. The van der Waals surface area contributed by atoms with Crippen LogP contribution in [0, 0.1) is 17.8 Å². The summed E-state index contributed by atoms with van der Waals surface area (Å²) in [6, 6.07) is 0. The zero-order valence-corrected chi connectivity index (χ0v) is 13.3. The monoisotopic (exact) mass is 284 g/mol. The van der Waals surface area contributed by atoms with Gasteiger partial charge in [-0.2, -0.15) is 0 Å². The van der Waals surface area contributed by atoms with Gasteiger partial charge in [-0.1, -0.05) is 13.8 Å². The molecular weight excluding hydrogens is 256 g/mol. The van der Waals surface area contributed by atoms with E-state index in [-0.39, 0.29) is 35.4 Å². The molecule has 2 fully saturated rings. The third-order valence-corrected chi connectivity index (χ3v) is 5.32. The summed E-state index contributed by atoms with van der Waals surface area (Å²) in [7, 11) is 1.63. The minimum absolute atomic E-state index is 0.00616. The number of aliphatic hydroxyl groups is 1. The van der Waals surface area contributed by atoms with Gasteiger partial charge >= 0.3 is 0 Å². The summed E-state index contributed by atoms with van der Waals surface area (Å²) in [5.74, 6) is 0.617. The topological polar surface area (TPSA) is 55.8 Å². The molecule has 5 atom stereocenters. The minimum Gasteiger partial charge on any atom is -0.390 e. The quantitative estimate of drug-likeness (QED) is 0.843. The molecule has 0 radical (unpaired) electrons. The first kappa shape index (κ1) is 15.9. The third kappa shape index (κ3) is 2.66. The molecule has 20 heavy (non-hydrogen) atoms. The molecule has 1 saturated heterocycles. The van der Waals surface area contributed by atoms with Gasteiger partial charge in [-0.25, -0.2) is 0 Å². The van der Waals surface area contributed by atoms with E-state index in [1.807, 2.05) is 20.8 Å². The number of methoxy groups -OCH3 is 1. The second-order valence-corrected chi connectivity index (χ2v) is 7.18. The molecule has 1 aliphatic carbocycles. The average Bonchev–Trinajstić information content (AvgIpc) is 2.84. The SMILES string of the molecule is COC1OC(C)(CCC(=O)C(C)C)C2CCC(C)(O)C12. The van der Waals surface area contributed by atoms with Crippen LogP contribution in [0.2, 0.25) is 0 Å². The number of hydrogen-bond donors (Lipinski definition) is 1. The van der Waals surface area contributed by atoms with Gasteiger partial charge in [-0.15, -0.1) is 0 Å². The molecule has 2 aliphatic rings. The first-order chi connectivity index (χ1) is 9.21. The van der Waals surface area contributed by atoms with Crippen LogP contribution in [-0.4, -0.2) is 35.5 Å². The van der Waals surface area contributed by atoms with Crippen molar-refractivity contribution in [2.75, 3.05) is 7.11 Å². The summed E-state index contributed by atoms with van der Waals surface area (Å²) >= 11 is 0. The Labute approximate surface area is 121 Å². The number of ketones is 1. The number of ether oxygens (including phenoxy) is 2. The van der Waals surface area contributed by atoms with E-state index in [1.54, 1.807) is 7.11 Å². The number of hydrogen-bond acceptors (Lipinski definition) is 4. The molecule has 0 aromatic rings. The summed E-state index contributed by atoms with van der Waals surface area (Å²) in [4.78, 5) is 11.9. The fourth-order valence-corrected chi connectivity index (χ4v) is 3.92. The van der Waals surface area contributed by atoms with Crippen LogP contribution in [0.5, 0.6) is 0 Å². The van der Waals surface area contributed by atoms with E-state index in [1.165, 1.54) is 0 Å². The van der Waals surface area contributed by atoms with Gasteiger partial charge in [0.1, 0.15) is 5.78 Å². The van der Waals surface area contributed by atoms with E-state index in [4.69, 9.17) is 9.47 Å². The van der Waals surface area contributed by atoms with Crippen LogP contribution in [-0.2, 0) is 14.3 Å². The summed E-state index contributed by atoms with van der Waals surface area (Å²) in [6.45, 7) is 7.80. The van der Waals surface area contributed by atoms with Crippen molar-refractivity contribution in [3.8, 4) is 0 Å². The molecule has 5 unspecified atom stereocenters. The van der Waals surface area contributed by atoms with E-state index < -0.39 is 5.60 Å². The number of rotatable bonds is 5. The van der Waals surface area contributed by atoms with Crippen LogP contribution in [0.15, 0.2) is 0 Å². The van der Waals surface area contributed by atoms with E-state index in [0.717, 1.165) is 12.8 Å². The largest absolute Gasteiger partial charge is 0.390 e. The van der Waals surface area contributed by atoms with Crippen LogP contribution in [0.3, 0.4) is 0 Å². The Kier molecular flexibility index (Phi) is 4.30. The van der Waals surface area contributed by atoms with Crippen molar-refractivity contribution in [1.29, 1.82) is 0 Å². The summed E-state index contributed by atoms with van der Waals surface area (Å²) in [6.07, 6.45) is 2.59. The molecule has 1 aliphatic heterocycles. The highest BCUT2D eigenvalue weighted by atomic mass is 16.7. The zero-order valence-electron chi connectivity index (χ0n) is 13.3. The minimum atomic E-state index is -0.731. The normalized spacial score (nSPS) is 44.0. The van der Waals surface area contributed by atoms with Crippen molar-refractivity contribution in [1.82, 2.24) is 0 Å². The molecule has 116 valence electrons. The average molecular weight is 284 g/mol. The Balaban J connectivity index is 2.11. The summed E-state index contributed by atoms with van der Waals surface area (Å²) < 4.78 is 11.5. The van der Waals surface area contributed by atoms with Gasteiger partial charge in [0.15, 0.2) is 6.29 Å². The summed E-state index contributed by atoms with van der Waals surface area (Å²) in [5, 5.41) is 10.5. The van der Waals surface area contributed by atoms with E-state index in [0.29, 0.717) is 12.8 Å². The van der Waals surface area contributed by atoms with Gasteiger partial charge in [-0.05, 0) is 39.0 Å². The highest BCUT2D eigenvalue weighted by Crippen LogP contribution is 2.55. The predicted molar refractivity (Wildman–Crippen MR) is 76.2 cm³/mol. The van der Waals surface area contributed by atoms with Gasteiger partial charge in [0, 0.05) is 25.4 Å². The first-order valence-electron chi connectivity index (χ1n) is 7.67. The molecule has 0 spiro atoms. The lowest BCUT2D eigenvalue weighted by atomic mass is 9.78. The number of carbonyl (C=O) groups excluding carboxylic acids is 1. The molecule has 1 heterocycles. The zero-order chi connectivity index (χ0) is 15.1. The van der Waals surface area contributed by atoms with Gasteiger partial charge in [0.2, 0.25) is 0 Å². The summed E-state index contributed by atoms with van der Waals surface area (Å²) in [5.41, 5.74) is -1.10. The Morgan fingerprint density at radius 2 is 2.10 bits per heavy atom. The van der Waals surface area contributed by atoms with Gasteiger partial charge in [0.05, 0.1) is 11.2 Å². The van der Waals surface area contributed by atoms with E-state index in [9.17, 15) is 9.90 Å². The lowest BCUT2D eigenvalue weighted by Gasteiger charge is -2.29. The maximum Gasteiger partial charge on any atom is 0.163 e. The Morgan fingerprint density at radius 1 is 1.45 bits per heavy atom. The molecule has 0 amide bonds. The number of fused-ring (bicyclic) bond motifs is 1. The van der Waals surface area contributed by atoms with Crippen LogP contribution in [0.1, 0.15) is 53.4 Å². The molecule has 2 rings (SSSR count). The first-order valence-corrected chi connectivity index (χ1v) is 7.67. The van der Waals surface area contributed by atoms with Gasteiger partial charge < -0.3 is 14.6 Å². The predicted octanol–water partition coefficient (Wildman–Crippen LogP) is 2.53. The maximum atomic E-state index is 11.9. The smallest absolute Gasteiger partial charge is 0.163 e. The van der Waals surface area contributed by atoms with Crippen LogP contribution in [0.4, 0.5) is 0 Å². The Hall–Kier alpha value is -0.450. The second-order valence-electron chi connectivity index (χ2n) is 7.18. The van der Waals surface area contributed by atoms with E-state index in [2.05, 4.69) is 6.92 Å². The van der Waals surface area contributed by atoms with E-state index >= 15 is 0 Å². The molecule has 1 N–H and O–H groups in total. The van der Waals surface area contributed by atoms with Crippen molar-refractivity contribution < 1.29 is 19.4 Å². The molecule has 1 saturated carbocycles. The van der Waals surface area contributed by atoms with Crippen molar-refractivity contribution in [3.05, 3.63) is 0 Å². The highest BCUT2D eigenvalue weighted by molar-refractivity contribution is 5.80. The Morgan fingerprint density at radius 3 is 2.65 bits per heavy atom. The molecule has 4 nitrogen and oxygen atoms in total. The van der Waals surface area contributed by atoms with Crippen LogP contribution < -0.4 is 0 Å². The fraction of sp³-hybridized carbons (Fsp3) is 0.938. The molecule has 4 heteroatoms. The van der Waals surface area contributed by atoms with Crippen LogP contribution in [0.25, 0.3) is 0 Å². The van der Waals surface area contributed by atoms with Crippen molar-refractivity contribution >= 4 is 5.78 Å². The second kappa shape index (κ2) is 5.39. The van der Waals surface area contributed by atoms with Crippen molar-refractivity contribution in [3.63, 3.8) is 0 Å². The standard InChI is InChI=1S/C16H28O4/c1-10(2)12(17)7-9-16(4)11-6-8-15(3,18)13(11)14(19-5)20-16/h10-11,13-14,18H,6-9H2,1-5H3. The van der Waals surface area contributed by atoms with Gasteiger partial charge in [0.25, 0.3) is 0 Å². The van der Waals surface area contributed by atoms with Gasteiger partial charge in [-0.3, -0.25) is 4.79 Å². The third-order valence-electron chi connectivity index (χ3n) is 5.32. The highest BCUT2D eigenvalue weighted by Gasteiger charge is 2.61. The molecule has 0 aromatic carbocycles. The lowest BCUT2D eigenvalue weighted by Crippen LogP contribution is -2.38. The maximum absolute atomic E-state index is 11.9. The number of Topliss-reactive ketones (excluding diaryl/α,β-unsaturated/α-hetero) is 1. The number of carbonyl (C=O) groups is 1. The van der Waals surface area contributed by atoms with Crippen molar-refractivity contribution in [2.45, 2.75) is 70.9 Å². The van der Waals surface area contributed by atoms with Crippen molar-refractivity contribution in [2.24, 2.45) is 17.8 Å². The molecular formula is C16H28O4. The Bertz CT molecular complexity index is 377. The molecule has 0 aromatic heterocycles.